The standard InChI is InChI=1S/C17H23N5O3/c1-24-7-6-19-16(23)15-11-21(10-14-8-18-12-22(14)15)9-13-4-3-5-20-17(13)25-2/h3-5,8,12,15H,6-7,9-11H2,1-2H3,(H,19,23). The van der Waals surface area contributed by atoms with Gasteiger partial charge in [-0.2, -0.15) is 0 Å². The molecule has 0 aromatic carbocycles. The number of hydrogen-bond acceptors (Lipinski definition) is 6. The van der Waals surface area contributed by atoms with Crippen LogP contribution in [0, 0.1) is 0 Å². The summed E-state index contributed by atoms with van der Waals surface area (Å²) in [7, 11) is 3.23. The number of carbonyl (C=O) groups excluding carboxylic acids is 1. The van der Waals surface area contributed by atoms with Gasteiger partial charge in [0.1, 0.15) is 6.04 Å². The fourth-order valence-electron chi connectivity index (χ4n) is 3.05. The Balaban J connectivity index is 1.74. The predicted octanol–water partition coefficient (Wildman–Crippen LogP) is 0.606. The molecule has 0 aliphatic carbocycles. The van der Waals surface area contributed by atoms with E-state index in [0.717, 1.165) is 17.8 Å². The molecular weight excluding hydrogens is 322 g/mol. The second kappa shape index (κ2) is 8.09. The maximum Gasteiger partial charge on any atom is 0.244 e. The average Bonchev–Trinajstić information content (AvgIpc) is 3.10. The molecule has 1 unspecified atom stereocenters. The number of nitrogens with one attached hydrogen (secondary N) is 1. The lowest BCUT2D eigenvalue weighted by Crippen LogP contribution is -2.44. The van der Waals surface area contributed by atoms with E-state index in [9.17, 15) is 4.79 Å². The fraction of sp³-hybridized carbons (Fsp3) is 0.471. The van der Waals surface area contributed by atoms with Crippen molar-refractivity contribution >= 4 is 5.91 Å². The lowest BCUT2D eigenvalue weighted by Gasteiger charge is -2.33. The Morgan fingerprint density at radius 3 is 3.12 bits per heavy atom. The van der Waals surface area contributed by atoms with Crippen molar-refractivity contribution in [1.82, 2.24) is 24.8 Å². The van der Waals surface area contributed by atoms with Crippen LogP contribution in [0.25, 0.3) is 0 Å². The van der Waals surface area contributed by atoms with E-state index in [1.165, 1.54) is 0 Å². The molecule has 8 heteroatoms. The molecule has 134 valence electrons. The van der Waals surface area contributed by atoms with Crippen molar-refractivity contribution in [2.24, 2.45) is 0 Å². The molecule has 0 saturated heterocycles. The Bertz CT molecular complexity index is 718. The van der Waals surface area contributed by atoms with Gasteiger partial charge in [-0.1, -0.05) is 6.07 Å². The number of hydrogen-bond donors (Lipinski definition) is 1. The largest absolute Gasteiger partial charge is 0.481 e. The molecule has 0 saturated carbocycles. The van der Waals surface area contributed by atoms with Crippen molar-refractivity contribution in [3.8, 4) is 5.88 Å². The van der Waals surface area contributed by atoms with Gasteiger partial charge in [-0.3, -0.25) is 9.69 Å². The minimum atomic E-state index is -0.314. The van der Waals surface area contributed by atoms with Gasteiger partial charge in [-0.25, -0.2) is 9.97 Å². The van der Waals surface area contributed by atoms with E-state index in [-0.39, 0.29) is 11.9 Å². The summed E-state index contributed by atoms with van der Waals surface area (Å²) in [6.45, 7) is 2.96. The first-order valence-electron chi connectivity index (χ1n) is 8.20. The van der Waals surface area contributed by atoms with Gasteiger partial charge in [0.05, 0.1) is 25.7 Å². The molecule has 0 spiro atoms. The molecule has 1 aliphatic heterocycles. The molecule has 2 aromatic heterocycles. The van der Waals surface area contributed by atoms with Crippen LogP contribution in [-0.2, 0) is 22.6 Å². The van der Waals surface area contributed by atoms with Gasteiger partial charge < -0.3 is 19.4 Å². The monoisotopic (exact) mass is 345 g/mol. The summed E-state index contributed by atoms with van der Waals surface area (Å²) in [5.41, 5.74) is 2.01. The number of aromatic nitrogens is 3. The number of rotatable bonds is 7. The number of methoxy groups -OCH3 is 2. The first-order chi connectivity index (χ1) is 12.2. The van der Waals surface area contributed by atoms with Crippen LogP contribution in [0.1, 0.15) is 17.3 Å². The lowest BCUT2D eigenvalue weighted by molar-refractivity contribution is -0.125. The van der Waals surface area contributed by atoms with E-state index in [4.69, 9.17) is 9.47 Å². The number of fused-ring (bicyclic) bond motifs is 1. The quantitative estimate of drug-likeness (QED) is 0.741. The van der Waals surface area contributed by atoms with Gasteiger partial charge in [-0.05, 0) is 6.07 Å². The summed E-state index contributed by atoms with van der Waals surface area (Å²) >= 11 is 0. The Hall–Kier alpha value is -2.45. The minimum absolute atomic E-state index is 0.0286. The van der Waals surface area contributed by atoms with Gasteiger partial charge in [0.2, 0.25) is 11.8 Å². The average molecular weight is 345 g/mol. The number of amides is 1. The second-order valence-electron chi connectivity index (χ2n) is 5.93. The highest BCUT2D eigenvalue weighted by molar-refractivity contribution is 5.80. The first-order valence-corrected chi connectivity index (χ1v) is 8.20. The van der Waals surface area contributed by atoms with E-state index < -0.39 is 0 Å². The van der Waals surface area contributed by atoms with E-state index >= 15 is 0 Å². The predicted molar refractivity (Wildman–Crippen MR) is 91.1 cm³/mol. The van der Waals surface area contributed by atoms with Crippen LogP contribution < -0.4 is 10.1 Å². The van der Waals surface area contributed by atoms with Crippen molar-refractivity contribution in [2.75, 3.05) is 33.9 Å². The smallest absolute Gasteiger partial charge is 0.244 e. The van der Waals surface area contributed by atoms with Gasteiger partial charge >= 0.3 is 0 Å². The third kappa shape index (κ3) is 3.97. The fourth-order valence-corrected chi connectivity index (χ4v) is 3.05. The van der Waals surface area contributed by atoms with Gasteiger partial charge in [-0.15, -0.1) is 0 Å². The number of imidazole rings is 1. The van der Waals surface area contributed by atoms with Crippen LogP contribution in [0.3, 0.4) is 0 Å². The number of ether oxygens (including phenoxy) is 2. The van der Waals surface area contributed by atoms with Crippen molar-refractivity contribution in [3.05, 3.63) is 42.1 Å². The summed E-state index contributed by atoms with van der Waals surface area (Å²) in [5, 5.41) is 2.91. The zero-order valence-corrected chi connectivity index (χ0v) is 14.5. The zero-order chi connectivity index (χ0) is 17.6. The molecule has 8 nitrogen and oxygen atoms in total. The second-order valence-corrected chi connectivity index (χ2v) is 5.93. The minimum Gasteiger partial charge on any atom is -0.481 e. The van der Waals surface area contributed by atoms with Crippen LogP contribution in [0.5, 0.6) is 5.88 Å². The third-order valence-electron chi connectivity index (χ3n) is 4.24. The van der Waals surface area contributed by atoms with Crippen LogP contribution in [-0.4, -0.2) is 59.3 Å². The SMILES string of the molecule is COCCNC(=O)C1CN(Cc2cccnc2OC)Cc2cncn21. The molecule has 25 heavy (non-hydrogen) atoms. The van der Waals surface area contributed by atoms with Crippen LogP contribution in [0.2, 0.25) is 0 Å². The summed E-state index contributed by atoms with van der Waals surface area (Å²) in [6, 6.07) is 3.57. The molecular formula is C17H23N5O3. The third-order valence-corrected chi connectivity index (χ3v) is 4.24. The Morgan fingerprint density at radius 2 is 2.32 bits per heavy atom. The van der Waals surface area contributed by atoms with E-state index in [1.54, 1.807) is 26.7 Å². The van der Waals surface area contributed by atoms with Crippen molar-refractivity contribution in [2.45, 2.75) is 19.1 Å². The summed E-state index contributed by atoms with van der Waals surface area (Å²) < 4.78 is 12.3. The maximum absolute atomic E-state index is 12.6. The van der Waals surface area contributed by atoms with Gasteiger partial charge in [0.25, 0.3) is 0 Å². The molecule has 0 fully saturated rings. The molecule has 0 radical (unpaired) electrons. The molecule has 1 N–H and O–H groups in total. The van der Waals surface area contributed by atoms with Crippen molar-refractivity contribution < 1.29 is 14.3 Å². The highest BCUT2D eigenvalue weighted by Gasteiger charge is 2.30. The van der Waals surface area contributed by atoms with E-state index in [0.29, 0.717) is 32.1 Å². The van der Waals surface area contributed by atoms with Crippen molar-refractivity contribution in [3.63, 3.8) is 0 Å². The Labute approximate surface area is 146 Å². The van der Waals surface area contributed by atoms with Crippen LogP contribution >= 0.6 is 0 Å². The van der Waals surface area contributed by atoms with Gasteiger partial charge in [0.15, 0.2) is 0 Å². The van der Waals surface area contributed by atoms with Crippen LogP contribution in [0.4, 0.5) is 0 Å². The lowest BCUT2D eigenvalue weighted by atomic mass is 10.1. The first kappa shape index (κ1) is 17.4. The number of carbonyl (C=O) groups is 1. The van der Waals surface area contributed by atoms with E-state index in [2.05, 4.69) is 20.2 Å². The normalized spacial score (nSPS) is 17.1. The molecule has 0 bridgehead atoms. The molecule has 1 atom stereocenters. The molecule has 3 heterocycles. The summed E-state index contributed by atoms with van der Waals surface area (Å²) in [5.74, 6) is 0.585. The maximum atomic E-state index is 12.6. The summed E-state index contributed by atoms with van der Waals surface area (Å²) in [6.07, 6.45) is 5.24. The summed E-state index contributed by atoms with van der Waals surface area (Å²) in [4.78, 5) is 23.2. The highest BCUT2D eigenvalue weighted by Crippen LogP contribution is 2.24. The van der Waals surface area contributed by atoms with Crippen molar-refractivity contribution in [1.29, 1.82) is 0 Å². The van der Waals surface area contributed by atoms with Gasteiger partial charge in [0, 0.05) is 51.2 Å². The highest BCUT2D eigenvalue weighted by atomic mass is 16.5. The molecule has 2 aromatic rings. The zero-order valence-electron chi connectivity index (χ0n) is 14.5. The van der Waals surface area contributed by atoms with E-state index in [1.807, 2.05) is 22.9 Å². The Morgan fingerprint density at radius 1 is 1.44 bits per heavy atom. The molecule has 1 amide bonds. The molecule has 1 aliphatic rings. The number of nitrogens with zero attached hydrogens (tertiary/aromatic N) is 4. The Kier molecular flexibility index (Phi) is 5.62. The number of pyridine rings is 1. The topological polar surface area (TPSA) is 81.5 Å². The molecule has 3 rings (SSSR count). The van der Waals surface area contributed by atoms with Crippen LogP contribution in [0.15, 0.2) is 30.9 Å².